The Labute approximate surface area is 89.1 Å². The Balaban J connectivity index is 1.98. The van der Waals surface area contributed by atoms with Gasteiger partial charge in [0.25, 0.3) is 0 Å². The van der Waals surface area contributed by atoms with Crippen LogP contribution in [0.1, 0.15) is 5.82 Å². The molecule has 0 fully saturated rings. The lowest BCUT2D eigenvalue weighted by molar-refractivity contribution is 0.980. The van der Waals surface area contributed by atoms with Gasteiger partial charge in [0.05, 0.1) is 6.54 Å². The van der Waals surface area contributed by atoms with Crippen LogP contribution in [0.5, 0.6) is 0 Å². The van der Waals surface area contributed by atoms with Crippen LogP contribution in [0.15, 0.2) is 29.4 Å². The Morgan fingerprint density at radius 3 is 3.00 bits per heavy atom. The number of halogens is 1. The van der Waals surface area contributed by atoms with Crippen molar-refractivity contribution in [2.24, 2.45) is 0 Å². The summed E-state index contributed by atoms with van der Waals surface area (Å²) in [6, 6.07) is 1.81. The largest absolute Gasteiger partial charge is 0.363 e. The minimum atomic E-state index is 0.621. The van der Waals surface area contributed by atoms with E-state index in [1.54, 1.807) is 12.4 Å². The lowest BCUT2D eigenvalue weighted by Gasteiger charge is -2.02. The molecule has 14 heavy (non-hydrogen) atoms. The molecule has 0 bridgehead atoms. The third-order valence-electron chi connectivity index (χ3n) is 1.63. The van der Waals surface area contributed by atoms with Crippen LogP contribution < -0.4 is 5.32 Å². The molecule has 0 radical (unpaired) electrons. The van der Waals surface area contributed by atoms with Gasteiger partial charge in [-0.3, -0.25) is 0 Å². The van der Waals surface area contributed by atoms with E-state index in [1.165, 1.54) is 6.33 Å². The van der Waals surface area contributed by atoms with E-state index in [4.69, 9.17) is 0 Å². The predicted octanol–water partition coefficient (Wildman–Crippen LogP) is 1.57. The maximum Gasteiger partial charge on any atom is 0.130 e. The molecule has 2 aromatic heterocycles. The molecule has 0 aliphatic carbocycles. The van der Waals surface area contributed by atoms with Gasteiger partial charge in [-0.1, -0.05) is 0 Å². The molecule has 2 aromatic rings. The molecule has 0 unspecified atom stereocenters. The molecule has 0 aromatic carbocycles. The van der Waals surface area contributed by atoms with E-state index >= 15 is 0 Å². The van der Waals surface area contributed by atoms with Crippen molar-refractivity contribution < 1.29 is 0 Å². The first kappa shape index (κ1) is 9.14. The van der Waals surface area contributed by atoms with Gasteiger partial charge in [-0.2, -0.15) is 0 Å². The van der Waals surface area contributed by atoms with Gasteiger partial charge in [-0.15, -0.1) is 0 Å². The maximum atomic E-state index is 4.08. The molecule has 5 nitrogen and oxygen atoms in total. The van der Waals surface area contributed by atoms with Crippen molar-refractivity contribution >= 4 is 21.7 Å². The molecule has 0 saturated heterocycles. The maximum absolute atomic E-state index is 4.08. The molecule has 0 atom stereocenters. The molecule has 2 rings (SSSR count). The topological polar surface area (TPSA) is 66.5 Å². The van der Waals surface area contributed by atoms with E-state index in [2.05, 4.69) is 41.2 Å². The minimum Gasteiger partial charge on any atom is -0.363 e. The number of hydrogen-bond acceptors (Lipinski definition) is 4. The van der Waals surface area contributed by atoms with Crippen LogP contribution in [-0.4, -0.2) is 19.9 Å². The number of anilines is 1. The summed E-state index contributed by atoms with van der Waals surface area (Å²) >= 11 is 3.27. The van der Waals surface area contributed by atoms with Crippen LogP contribution >= 0.6 is 15.9 Å². The van der Waals surface area contributed by atoms with E-state index < -0.39 is 0 Å². The SMILES string of the molecule is Brc1cc(NCc2ncc[nH]2)ncn1. The van der Waals surface area contributed by atoms with Crippen LogP contribution in [0.4, 0.5) is 5.82 Å². The fourth-order valence-corrected chi connectivity index (χ4v) is 1.31. The zero-order valence-electron chi connectivity index (χ0n) is 7.24. The molecule has 2 N–H and O–H groups in total. The van der Waals surface area contributed by atoms with Crippen molar-refractivity contribution in [1.82, 2.24) is 19.9 Å². The van der Waals surface area contributed by atoms with E-state index in [9.17, 15) is 0 Å². The summed E-state index contributed by atoms with van der Waals surface area (Å²) in [4.78, 5) is 15.0. The Morgan fingerprint density at radius 1 is 1.36 bits per heavy atom. The van der Waals surface area contributed by atoms with Gasteiger partial charge < -0.3 is 10.3 Å². The number of rotatable bonds is 3. The number of H-pyrrole nitrogens is 1. The van der Waals surface area contributed by atoms with Gasteiger partial charge in [0.15, 0.2) is 0 Å². The zero-order valence-corrected chi connectivity index (χ0v) is 8.82. The molecular formula is C8H8BrN5. The Bertz CT molecular complexity index is 400. The monoisotopic (exact) mass is 253 g/mol. The number of imidazole rings is 1. The van der Waals surface area contributed by atoms with E-state index in [0.717, 1.165) is 16.2 Å². The predicted molar refractivity (Wildman–Crippen MR) is 55.6 cm³/mol. The first-order valence-corrected chi connectivity index (χ1v) is 4.83. The quantitative estimate of drug-likeness (QED) is 0.816. The highest BCUT2D eigenvalue weighted by Gasteiger charge is 1.97. The smallest absolute Gasteiger partial charge is 0.130 e. The van der Waals surface area contributed by atoms with E-state index in [1.807, 2.05) is 6.07 Å². The second-order valence-corrected chi connectivity index (χ2v) is 3.43. The third kappa shape index (κ3) is 2.29. The third-order valence-corrected chi connectivity index (χ3v) is 2.06. The number of nitrogens with one attached hydrogen (secondary N) is 2. The Kier molecular flexibility index (Phi) is 2.73. The van der Waals surface area contributed by atoms with E-state index in [0.29, 0.717) is 6.54 Å². The summed E-state index contributed by atoms with van der Waals surface area (Å²) < 4.78 is 0.759. The summed E-state index contributed by atoms with van der Waals surface area (Å²) in [7, 11) is 0. The summed E-state index contributed by atoms with van der Waals surface area (Å²) in [6.45, 7) is 0.621. The highest BCUT2D eigenvalue weighted by Crippen LogP contribution is 2.09. The molecule has 0 aliphatic heterocycles. The fraction of sp³-hybridized carbons (Fsp3) is 0.125. The number of hydrogen-bond donors (Lipinski definition) is 2. The van der Waals surface area contributed by atoms with Gasteiger partial charge in [0, 0.05) is 18.5 Å². The average molecular weight is 254 g/mol. The zero-order chi connectivity index (χ0) is 9.80. The lowest BCUT2D eigenvalue weighted by atomic mass is 10.5. The van der Waals surface area contributed by atoms with Crippen LogP contribution in [-0.2, 0) is 6.54 Å². The molecule has 72 valence electrons. The molecule has 0 spiro atoms. The van der Waals surface area contributed by atoms with Crippen LogP contribution in [0, 0.1) is 0 Å². The molecule has 0 amide bonds. The number of aromatic amines is 1. The van der Waals surface area contributed by atoms with E-state index in [-0.39, 0.29) is 0 Å². The molecule has 2 heterocycles. The van der Waals surface area contributed by atoms with Gasteiger partial charge in [0.2, 0.25) is 0 Å². The Hall–Kier alpha value is -1.43. The van der Waals surface area contributed by atoms with Crippen molar-refractivity contribution in [3.8, 4) is 0 Å². The van der Waals surface area contributed by atoms with Crippen molar-refractivity contribution in [2.45, 2.75) is 6.54 Å². The molecule has 0 saturated carbocycles. The summed E-state index contributed by atoms with van der Waals surface area (Å²) in [5, 5.41) is 3.11. The standard InChI is InChI=1S/C8H8BrN5/c9-6-3-7(14-5-13-6)12-4-8-10-1-2-11-8/h1-3,5H,4H2,(H,10,11)(H,12,13,14). The number of aromatic nitrogens is 4. The first-order valence-electron chi connectivity index (χ1n) is 4.04. The van der Waals surface area contributed by atoms with Crippen LogP contribution in [0.25, 0.3) is 0 Å². The van der Waals surface area contributed by atoms with Gasteiger partial charge in [-0.05, 0) is 15.9 Å². The lowest BCUT2D eigenvalue weighted by Crippen LogP contribution is -2.02. The minimum absolute atomic E-state index is 0.621. The second kappa shape index (κ2) is 4.19. The molecule has 0 aliphatic rings. The van der Waals surface area contributed by atoms with Gasteiger partial charge in [-0.25, -0.2) is 15.0 Å². The highest BCUT2D eigenvalue weighted by molar-refractivity contribution is 9.10. The van der Waals surface area contributed by atoms with Crippen molar-refractivity contribution in [2.75, 3.05) is 5.32 Å². The van der Waals surface area contributed by atoms with Crippen molar-refractivity contribution in [1.29, 1.82) is 0 Å². The van der Waals surface area contributed by atoms with Gasteiger partial charge >= 0.3 is 0 Å². The average Bonchev–Trinajstić information content (AvgIpc) is 2.67. The molecule has 6 heteroatoms. The highest BCUT2D eigenvalue weighted by atomic mass is 79.9. The van der Waals surface area contributed by atoms with Gasteiger partial charge in [0.1, 0.15) is 22.6 Å². The Morgan fingerprint density at radius 2 is 2.29 bits per heavy atom. The summed E-state index contributed by atoms with van der Waals surface area (Å²) in [6.07, 6.45) is 4.99. The summed E-state index contributed by atoms with van der Waals surface area (Å²) in [5.41, 5.74) is 0. The normalized spacial score (nSPS) is 10.1. The number of nitrogens with zero attached hydrogens (tertiary/aromatic N) is 3. The fourth-order valence-electron chi connectivity index (χ4n) is 0.999. The van der Waals surface area contributed by atoms with Crippen LogP contribution in [0.3, 0.4) is 0 Å². The first-order chi connectivity index (χ1) is 6.84. The molecular weight excluding hydrogens is 246 g/mol. The van der Waals surface area contributed by atoms with Crippen LogP contribution in [0.2, 0.25) is 0 Å². The second-order valence-electron chi connectivity index (χ2n) is 2.62. The van der Waals surface area contributed by atoms with Crippen molar-refractivity contribution in [3.05, 3.63) is 35.2 Å². The van der Waals surface area contributed by atoms with Crippen molar-refractivity contribution in [3.63, 3.8) is 0 Å². The summed E-state index contributed by atoms with van der Waals surface area (Å²) in [5.74, 6) is 1.64.